The molecule has 0 atom stereocenters. The molecule has 1 N–H and O–H groups in total. The van der Waals surface area contributed by atoms with E-state index in [1.54, 1.807) is 6.21 Å². The highest BCUT2D eigenvalue weighted by molar-refractivity contribution is 5.95. The third kappa shape index (κ3) is 2.25. The number of hydrogen-bond donors (Lipinski definition) is 1. The molecule has 3 nitrogen and oxygen atoms in total. The predicted octanol–water partition coefficient (Wildman–Crippen LogP) is 2.65. The topological polar surface area (TPSA) is 41.5 Å². The fourth-order valence-corrected chi connectivity index (χ4v) is 2.86. The maximum Gasteiger partial charge on any atom is 0.271 e. The van der Waals surface area contributed by atoms with Crippen LogP contribution in [0, 0.1) is 0 Å². The lowest BCUT2D eigenvalue weighted by molar-refractivity contribution is 0.0955. The van der Waals surface area contributed by atoms with E-state index in [1.165, 1.54) is 28.7 Å². The van der Waals surface area contributed by atoms with Crippen molar-refractivity contribution >= 4 is 12.1 Å². The number of hydrogen-bond acceptors (Lipinski definition) is 2. The second kappa shape index (κ2) is 4.85. The van der Waals surface area contributed by atoms with Crippen LogP contribution in [0.4, 0.5) is 0 Å². The van der Waals surface area contributed by atoms with E-state index >= 15 is 0 Å². The van der Waals surface area contributed by atoms with Gasteiger partial charge in [-0.25, -0.2) is 5.43 Å². The van der Waals surface area contributed by atoms with Gasteiger partial charge in [-0.3, -0.25) is 4.79 Å². The van der Waals surface area contributed by atoms with Gasteiger partial charge < -0.3 is 0 Å². The van der Waals surface area contributed by atoms with E-state index in [9.17, 15) is 4.79 Å². The monoisotopic (exact) mass is 276 g/mol. The highest BCUT2D eigenvalue weighted by Gasteiger charge is 2.15. The number of aryl methyl sites for hydroxylation is 4. The number of rotatable bonds is 3. The molecule has 2 aliphatic rings. The van der Waals surface area contributed by atoms with E-state index in [4.69, 9.17) is 0 Å². The standard InChI is InChI=1S/C18H16N2O/c21-18(17-8-5-14-4-7-16(14)10-17)20-19-11-12-1-2-13-3-6-15(13)9-12/h1-2,5,8-11H,3-4,6-7H2,(H,20,21)/b19-11+. The number of hydrazone groups is 1. The van der Waals surface area contributed by atoms with Gasteiger partial charge in [-0.15, -0.1) is 0 Å². The predicted molar refractivity (Wildman–Crippen MR) is 82.8 cm³/mol. The van der Waals surface area contributed by atoms with Crippen LogP contribution in [0.15, 0.2) is 41.5 Å². The molecule has 0 unspecified atom stereocenters. The highest BCUT2D eigenvalue weighted by atomic mass is 16.2. The molecule has 1 amide bonds. The first-order valence-electron chi connectivity index (χ1n) is 7.36. The van der Waals surface area contributed by atoms with E-state index < -0.39 is 0 Å². The molecular formula is C18H16N2O. The summed E-state index contributed by atoms with van der Waals surface area (Å²) in [6, 6.07) is 12.2. The molecule has 3 heteroatoms. The number of nitrogens with one attached hydrogen (secondary N) is 1. The Kier molecular flexibility index (Phi) is 2.85. The summed E-state index contributed by atoms with van der Waals surface area (Å²) in [4.78, 5) is 12.0. The summed E-state index contributed by atoms with van der Waals surface area (Å²) in [7, 11) is 0. The zero-order valence-corrected chi connectivity index (χ0v) is 11.7. The summed E-state index contributed by atoms with van der Waals surface area (Å²) in [6.07, 6.45) is 6.25. The van der Waals surface area contributed by atoms with Crippen molar-refractivity contribution in [1.29, 1.82) is 0 Å². The molecular weight excluding hydrogens is 260 g/mol. The summed E-state index contributed by atoms with van der Waals surface area (Å²) >= 11 is 0. The van der Waals surface area contributed by atoms with Gasteiger partial charge >= 0.3 is 0 Å². The van der Waals surface area contributed by atoms with Crippen molar-refractivity contribution in [2.45, 2.75) is 25.7 Å². The third-order valence-electron chi connectivity index (χ3n) is 4.41. The van der Waals surface area contributed by atoms with Crippen molar-refractivity contribution in [3.05, 3.63) is 69.8 Å². The third-order valence-corrected chi connectivity index (χ3v) is 4.41. The Morgan fingerprint density at radius 1 is 0.905 bits per heavy atom. The molecule has 104 valence electrons. The van der Waals surface area contributed by atoms with Crippen LogP contribution in [0.2, 0.25) is 0 Å². The van der Waals surface area contributed by atoms with Gasteiger partial charge in [0.1, 0.15) is 0 Å². The molecule has 0 aromatic heterocycles. The largest absolute Gasteiger partial charge is 0.271 e. The van der Waals surface area contributed by atoms with Crippen LogP contribution < -0.4 is 5.43 Å². The molecule has 0 saturated heterocycles. The molecule has 0 bridgehead atoms. The van der Waals surface area contributed by atoms with Crippen LogP contribution in [0.1, 0.15) is 38.2 Å². The lowest BCUT2D eigenvalue weighted by atomic mass is 9.87. The summed E-state index contributed by atoms with van der Waals surface area (Å²) in [5, 5.41) is 4.06. The zero-order valence-electron chi connectivity index (χ0n) is 11.7. The molecule has 0 saturated carbocycles. The molecule has 0 spiro atoms. The number of benzene rings is 2. The molecule has 0 aliphatic heterocycles. The quantitative estimate of drug-likeness (QED) is 0.679. The van der Waals surface area contributed by atoms with E-state index in [0.717, 1.165) is 24.8 Å². The minimum atomic E-state index is -0.148. The SMILES string of the molecule is O=C(N/N=C/c1ccc2c(c1)CC2)c1ccc2c(c1)CC2. The van der Waals surface area contributed by atoms with Crippen molar-refractivity contribution in [3.63, 3.8) is 0 Å². The number of amides is 1. The number of fused-ring (bicyclic) bond motifs is 2. The van der Waals surface area contributed by atoms with Crippen molar-refractivity contribution in [2.24, 2.45) is 5.10 Å². The van der Waals surface area contributed by atoms with Crippen molar-refractivity contribution in [3.8, 4) is 0 Å². The van der Waals surface area contributed by atoms with Gasteiger partial charge in [0.05, 0.1) is 6.21 Å². The fourth-order valence-electron chi connectivity index (χ4n) is 2.86. The highest BCUT2D eigenvalue weighted by Crippen LogP contribution is 2.24. The van der Waals surface area contributed by atoms with Gasteiger partial charge in [-0.05, 0) is 71.7 Å². The molecule has 0 fully saturated rings. The van der Waals surface area contributed by atoms with Gasteiger partial charge in [-0.1, -0.05) is 18.2 Å². The van der Waals surface area contributed by atoms with Crippen molar-refractivity contribution in [2.75, 3.05) is 0 Å². The Hall–Kier alpha value is -2.42. The Balaban J connectivity index is 1.43. The summed E-state index contributed by atoms with van der Waals surface area (Å²) in [5.74, 6) is -0.148. The van der Waals surface area contributed by atoms with Gasteiger partial charge in [0.2, 0.25) is 0 Å². The molecule has 2 aromatic rings. The van der Waals surface area contributed by atoms with Crippen LogP contribution >= 0.6 is 0 Å². The summed E-state index contributed by atoms with van der Waals surface area (Å²) in [6.45, 7) is 0. The van der Waals surface area contributed by atoms with Crippen molar-refractivity contribution in [1.82, 2.24) is 5.43 Å². The molecule has 2 aliphatic carbocycles. The van der Waals surface area contributed by atoms with E-state index in [-0.39, 0.29) is 5.91 Å². The summed E-state index contributed by atoms with van der Waals surface area (Å²) < 4.78 is 0. The van der Waals surface area contributed by atoms with Crippen LogP contribution in [0.3, 0.4) is 0 Å². The maximum absolute atomic E-state index is 12.0. The Labute approximate surface area is 123 Å². The molecule has 4 rings (SSSR count). The first kappa shape index (κ1) is 12.3. The van der Waals surface area contributed by atoms with Crippen molar-refractivity contribution < 1.29 is 4.79 Å². The Morgan fingerprint density at radius 3 is 2.19 bits per heavy atom. The lowest BCUT2D eigenvalue weighted by Gasteiger charge is -2.18. The van der Waals surface area contributed by atoms with Gasteiger partial charge in [-0.2, -0.15) is 5.10 Å². The normalized spacial score (nSPS) is 14.9. The van der Waals surface area contributed by atoms with E-state index in [0.29, 0.717) is 5.56 Å². The maximum atomic E-state index is 12.0. The molecule has 21 heavy (non-hydrogen) atoms. The minimum absolute atomic E-state index is 0.148. The van der Waals surface area contributed by atoms with Crippen LogP contribution in [-0.4, -0.2) is 12.1 Å². The smallest absolute Gasteiger partial charge is 0.267 e. The zero-order chi connectivity index (χ0) is 14.2. The van der Waals surface area contributed by atoms with Gasteiger partial charge in [0, 0.05) is 5.56 Å². The van der Waals surface area contributed by atoms with Crippen LogP contribution in [0.25, 0.3) is 0 Å². The van der Waals surface area contributed by atoms with Crippen LogP contribution in [-0.2, 0) is 25.7 Å². The van der Waals surface area contributed by atoms with E-state index in [1.807, 2.05) is 24.3 Å². The minimum Gasteiger partial charge on any atom is -0.267 e. The second-order valence-corrected chi connectivity index (χ2v) is 5.71. The Morgan fingerprint density at radius 2 is 1.57 bits per heavy atom. The first-order chi connectivity index (χ1) is 10.3. The van der Waals surface area contributed by atoms with Crippen LogP contribution in [0.5, 0.6) is 0 Å². The first-order valence-corrected chi connectivity index (χ1v) is 7.36. The lowest BCUT2D eigenvalue weighted by Crippen LogP contribution is -2.19. The van der Waals surface area contributed by atoms with E-state index in [2.05, 4.69) is 22.7 Å². The average molecular weight is 276 g/mol. The fraction of sp³-hybridized carbons (Fsp3) is 0.222. The van der Waals surface area contributed by atoms with Gasteiger partial charge in [0.15, 0.2) is 0 Å². The molecule has 2 aromatic carbocycles. The average Bonchev–Trinajstić information content (AvgIpc) is 2.43. The number of carbonyl (C=O) groups excluding carboxylic acids is 1. The number of nitrogens with zero attached hydrogens (tertiary/aromatic N) is 1. The molecule has 0 radical (unpaired) electrons. The summed E-state index contributed by atoms with van der Waals surface area (Å²) in [5.41, 5.74) is 9.79. The number of carbonyl (C=O) groups is 1. The molecule has 0 heterocycles. The van der Waals surface area contributed by atoms with Gasteiger partial charge in [0.25, 0.3) is 5.91 Å². The Bertz CT molecular complexity index is 762. The second-order valence-electron chi connectivity index (χ2n) is 5.71.